The van der Waals surface area contributed by atoms with Crippen molar-refractivity contribution in [2.45, 2.75) is 19.9 Å². The number of carbonyl (C=O) groups excluding carboxylic acids is 1. The third-order valence-corrected chi connectivity index (χ3v) is 2.46. The summed E-state index contributed by atoms with van der Waals surface area (Å²) in [5, 5.41) is 5.84. The fraction of sp³-hybridized carbons (Fsp3) is 0.462. The molecule has 0 heterocycles. The summed E-state index contributed by atoms with van der Waals surface area (Å²) in [5.41, 5.74) is 1.12. The van der Waals surface area contributed by atoms with Crippen molar-refractivity contribution in [2.24, 2.45) is 0 Å². The second kappa shape index (κ2) is 8.78. The van der Waals surface area contributed by atoms with Gasteiger partial charge in [-0.2, -0.15) is 0 Å². The molecule has 1 rings (SSSR count). The van der Waals surface area contributed by atoms with E-state index in [-0.39, 0.29) is 31.0 Å². The number of carbonyl (C=O) groups is 1. The number of nitrogens with one attached hydrogen (secondary N) is 2. The maximum absolute atomic E-state index is 11.5. The molecule has 0 aliphatic rings. The molecule has 0 saturated carbocycles. The van der Waals surface area contributed by atoms with Crippen LogP contribution < -0.4 is 15.4 Å². The van der Waals surface area contributed by atoms with Crippen LogP contribution in [0.25, 0.3) is 0 Å². The van der Waals surface area contributed by atoms with E-state index in [0.29, 0.717) is 6.54 Å². The number of benzene rings is 1. The maximum atomic E-state index is 11.5. The van der Waals surface area contributed by atoms with Gasteiger partial charge in [-0.1, -0.05) is 12.1 Å². The molecule has 1 aromatic rings. The molecule has 1 aromatic carbocycles. The van der Waals surface area contributed by atoms with Crippen molar-refractivity contribution in [3.8, 4) is 5.75 Å². The van der Waals surface area contributed by atoms with Crippen LogP contribution in [0.2, 0.25) is 0 Å². The average Bonchev–Trinajstić information content (AvgIpc) is 2.33. The topological polar surface area (TPSA) is 50.4 Å². The summed E-state index contributed by atoms with van der Waals surface area (Å²) >= 11 is 0. The van der Waals surface area contributed by atoms with E-state index in [1.807, 2.05) is 45.2 Å². The van der Waals surface area contributed by atoms with Gasteiger partial charge in [0.25, 0.3) is 5.91 Å². The van der Waals surface area contributed by atoms with Gasteiger partial charge in [0, 0.05) is 12.6 Å². The molecular weight excluding hydrogens is 252 g/mol. The van der Waals surface area contributed by atoms with Gasteiger partial charge in [-0.15, -0.1) is 12.4 Å². The van der Waals surface area contributed by atoms with Crippen molar-refractivity contribution in [3.05, 3.63) is 29.8 Å². The Morgan fingerprint density at radius 1 is 1.44 bits per heavy atom. The highest BCUT2D eigenvalue weighted by molar-refractivity contribution is 5.85. The van der Waals surface area contributed by atoms with Crippen LogP contribution in [-0.4, -0.2) is 32.1 Å². The molecule has 0 saturated heterocycles. The predicted molar refractivity (Wildman–Crippen MR) is 75.5 cm³/mol. The Balaban J connectivity index is 0.00000289. The average molecular weight is 273 g/mol. The van der Waals surface area contributed by atoms with Gasteiger partial charge in [0.15, 0.2) is 6.61 Å². The first-order valence-corrected chi connectivity index (χ1v) is 5.75. The Morgan fingerprint density at radius 2 is 2.17 bits per heavy atom. The van der Waals surface area contributed by atoms with Crippen LogP contribution in [0, 0.1) is 6.92 Å². The molecule has 0 aliphatic heterocycles. The zero-order valence-corrected chi connectivity index (χ0v) is 11.8. The summed E-state index contributed by atoms with van der Waals surface area (Å²) in [7, 11) is 1.86. The van der Waals surface area contributed by atoms with E-state index in [2.05, 4.69) is 10.6 Å². The van der Waals surface area contributed by atoms with Gasteiger partial charge in [-0.25, -0.2) is 0 Å². The van der Waals surface area contributed by atoms with Crippen LogP contribution in [0.15, 0.2) is 24.3 Å². The Hall–Kier alpha value is -1.26. The molecule has 0 aromatic heterocycles. The van der Waals surface area contributed by atoms with Crippen LogP contribution in [0.5, 0.6) is 5.75 Å². The summed E-state index contributed by atoms with van der Waals surface area (Å²) < 4.78 is 5.38. The van der Waals surface area contributed by atoms with E-state index in [0.717, 1.165) is 11.3 Å². The number of hydrogen-bond acceptors (Lipinski definition) is 3. The Labute approximate surface area is 115 Å². The van der Waals surface area contributed by atoms with Gasteiger partial charge >= 0.3 is 0 Å². The number of likely N-dealkylation sites (N-methyl/N-ethyl adjacent to an activating group) is 1. The van der Waals surface area contributed by atoms with Gasteiger partial charge in [-0.05, 0) is 38.6 Å². The number of ether oxygens (including phenoxy) is 1. The lowest BCUT2D eigenvalue weighted by Crippen LogP contribution is -2.39. The molecule has 102 valence electrons. The van der Waals surface area contributed by atoms with Crippen molar-refractivity contribution in [2.75, 3.05) is 20.2 Å². The van der Waals surface area contributed by atoms with Crippen molar-refractivity contribution in [1.29, 1.82) is 0 Å². The first-order chi connectivity index (χ1) is 8.11. The normalized spacial score (nSPS) is 11.3. The molecule has 0 aliphatic carbocycles. The molecule has 0 fully saturated rings. The van der Waals surface area contributed by atoms with E-state index >= 15 is 0 Å². The fourth-order valence-electron chi connectivity index (χ4n) is 1.27. The van der Waals surface area contributed by atoms with Crippen molar-refractivity contribution < 1.29 is 9.53 Å². The van der Waals surface area contributed by atoms with Crippen LogP contribution in [0.3, 0.4) is 0 Å². The minimum atomic E-state index is -0.103. The lowest BCUT2D eigenvalue weighted by molar-refractivity contribution is -0.123. The summed E-state index contributed by atoms with van der Waals surface area (Å²) in [6, 6.07) is 7.91. The highest BCUT2D eigenvalue weighted by atomic mass is 35.5. The maximum Gasteiger partial charge on any atom is 0.257 e. The van der Waals surface area contributed by atoms with Crippen LogP contribution in [-0.2, 0) is 4.79 Å². The van der Waals surface area contributed by atoms with Crippen molar-refractivity contribution in [1.82, 2.24) is 10.6 Å². The number of aryl methyl sites for hydroxylation is 1. The third kappa shape index (κ3) is 6.47. The number of amides is 1. The number of rotatable bonds is 6. The zero-order chi connectivity index (χ0) is 12.7. The Morgan fingerprint density at radius 3 is 2.78 bits per heavy atom. The van der Waals surface area contributed by atoms with Crippen molar-refractivity contribution in [3.63, 3.8) is 0 Å². The van der Waals surface area contributed by atoms with Gasteiger partial charge in [0.2, 0.25) is 0 Å². The van der Waals surface area contributed by atoms with Gasteiger partial charge in [-0.3, -0.25) is 4.79 Å². The first-order valence-electron chi connectivity index (χ1n) is 5.75. The van der Waals surface area contributed by atoms with Crippen LogP contribution in [0.4, 0.5) is 0 Å². The molecule has 18 heavy (non-hydrogen) atoms. The minimum absolute atomic E-state index is 0. The summed E-state index contributed by atoms with van der Waals surface area (Å²) in [4.78, 5) is 11.5. The molecule has 1 atom stereocenters. The zero-order valence-electron chi connectivity index (χ0n) is 11.0. The lowest BCUT2D eigenvalue weighted by Gasteiger charge is -2.12. The quantitative estimate of drug-likeness (QED) is 0.826. The Bertz CT molecular complexity index is 372. The van der Waals surface area contributed by atoms with Crippen LogP contribution in [0.1, 0.15) is 12.5 Å². The lowest BCUT2D eigenvalue weighted by atomic mass is 10.2. The smallest absolute Gasteiger partial charge is 0.257 e. The van der Waals surface area contributed by atoms with Crippen molar-refractivity contribution >= 4 is 18.3 Å². The van der Waals surface area contributed by atoms with E-state index < -0.39 is 0 Å². The predicted octanol–water partition coefficient (Wildman–Crippen LogP) is 1.52. The molecule has 4 nitrogen and oxygen atoms in total. The van der Waals surface area contributed by atoms with Gasteiger partial charge < -0.3 is 15.4 Å². The molecule has 1 unspecified atom stereocenters. The summed E-state index contributed by atoms with van der Waals surface area (Å²) in [6.45, 7) is 4.65. The molecule has 0 radical (unpaired) electrons. The minimum Gasteiger partial charge on any atom is -0.484 e. The van der Waals surface area contributed by atoms with Gasteiger partial charge in [0.05, 0.1) is 0 Å². The number of hydrogen-bond donors (Lipinski definition) is 2. The molecule has 0 spiro atoms. The number of halogens is 1. The monoisotopic (exact) mass is 272 g/mol. The van der Waals surface area contributed by atoms with E-state index in [4.69, 9.17) is 4.74 Å². The Kier molecular flexibility index (Phi) is 8.16. The SMILES string of the molecule is CNC(C)CNC(=O)COc1cccc(C)c1.Cl. The molecule has 0 bridgehead atoms. The largest absolute Gasteiger partial charge is 0.484 e. The highest BCUT2D eigenvalue weighted by Crippen LogP contribution is 2.11. The highest BCUT2D eigenvalue weighted by Gasteiger charge is 2.04. The van der Waals surface area contributed by atoms with E-state index in [1.165, 1.54) is 0 Å². The standard InChI is InChI=1S/C13H20N2O2.ClH/c1-10-5-4-6-12(7-10)17-9-13(16)15-8-11(2)14-3;/h4-7,11,14H,8-9H2,1-3H3,(H,15,16);1H. The first kappa shape index (κ1) is 16.7. The second-order valence-electron chi connectivity index (χ2n) is 4.10. The summed E-state index contributed by atoms with van der Waals surface area (Å²) in [5.74, 6) is 0.621. The summed E-state index contributed by atoms with van der Waals surface area (Å²) in [6.07, 6.45) is 0. The van der Waals surface area contributed by atoms with Crippen LogP contribution >= 0.6 is 12.4 Å². The fourth-order valence-corrected chi connectivity index (χ4v) is 1.27. The third-order valence-electron chi connectivity index (χ3n) is 2.46. The van der Waals surface area contributed by atoms with E-state index in [1.54, 1.807) is 0 Å². The molecule has 5 heteroatoms. The molecule has 1 amide bonds. The molecule has 2 N–H and O–H groups in total. The second-order valence-corrected chi connectivity index (χ2v) is 4.10. The molecular formula is C13H21ClN2O2. The van der Waals surface area contributed by atoms with Gasteiger partial charge in [0.1, 0.15) is 5.75 Å². The van der Waals surface area contributed by atoms with E-state index in [9.17, 15) is 4.79 Å².